The highest BCUT2D eigenvalue weighted by Crippen LogP contribution is 2.32. The van der Waals surface area contributed by atoms with Crippen LogP contribution in [0.3, 0.4) is 0 Å². The van der Waals surface area contributed by atoms with Crippen molar-refractivity contribution in [1.82, 2.24) is 5.32 Å². The van der Waals surface area contributed by atoms with Crippen molar-refractivity contribution in [2.24, 2.45) is 0 Å². The van der Waals surface area contributed by atoms with Gasteiger partial charge in [0.25, 0.3) is 0 Å². The van der Waals surface area contributed by atoms with E-state index in [4.69, 9.17) is 16.0 Å². The average molecular weight is 294 g/mol. The van der Waals surface area contributed by atoms with Crippen molar-refractivity contribution in [3.8, 4) is 0 Å². The molecule has 0 aliphatic heterocycles. The highest BCUT2D eigenvalue weighted by atomic mass is 35.5. The smallest absolute Gasteiger partial charge is 0.224 e. The van der Waals surface area contributed by atoms with Crippen LogP contribution in [-0.2, 0) is 11.2 Å². The first-order chi connectivity index (χ1) is 9.43. The van der Waals surface area contributed by atoms with Crippen molar-refractivity contribution in [3.63, 3.8) is 0 Å². The normalized spacial score (nSPS) is 12.7. The number of carbonyl (C=O) groups excluding carboxylic acids is 1. The molecule has 1 atom stereocenters. The zero-order valence-electron chi connectivity index (χ0n) is 12.3. The molecule has 1 amide bonds. The summed E-state index contributed by atoms with van der Waals surface area (Å²) in [5.41, 5.74) is 3.64. The molecule has 1 aromatic carbocycles. The molecule has 0 fully saturated rings. The Morgan fingerprint density at radius 1 is 1.45 bits per heavy atom. The molecule has 2 rings (SSSR count). The van der Waals surface area contributed by atoms with Crippen molar-refractivity contribution in [2.75, 3.05) is 0 Å². The van der Waals surface area contributed by atoms with Gasteiger partial charge in [0.05, 0.1) is 12.7 Å². The van der Waals surface area contributed by atoms with Gasteiger partial charge in [0, 0.05) is 22.0 Å². The second-order valence-electron chi connectivity index (χ2n) is 5.32. The van der Waals surface area contributed by atoms with Crippen molar-refractivity contribution in [3.05, 3.63) is 34.0 Å². The Morgan fingerprint density at radius 3 is 2.80 bits per heavy atom. The highest BCUT2D eigenvalue weighted by molar-refractivity contribution is 6.33. The molecular formula is C16H20ClNO2. The summed E-state index contributed by atoms with van der Waals surface area (Å²) in [6.45, 7) is 7.96. The summed E-state index contributed by atoms with van der Waals surface area (Å²) in [4.78, 5) is 12.0. The first kappa shape index (κ1) is 14.9. The largest absolute Gasteiger partial charge is 0.464 e. The third-order valence-electron chi connectivity index (χ3n) is 3.66. The second-order valence-corrected chi connectivity index (χ2v) is 5.70. The molecular weight excluding hydrogens is 274 g/mol. The van der Waals surface area contributed by atoms with Crippen LogP contribution in [0.1, 0.15) is 37.0 Å². The zero-order valence-corrected chi connectivity index (χ0v) is 13.1. The SMILES string of the molecule is CCC(C)NC(=O)Cc1coc2cc(C)c(Cl)c(C)c12. The Balaban J connectivity index is 2.32. The van der Waals surface area contributed by atoms with E-state index in [0.29, 0.717) is 6.42 Å². The van der Waals surface area contributed by atoms with Crippen LogP contribution in [0.15, 0.2) is 16.7 Å². The van der Waals surface area contributed by atoms with Crippen LogP contribution in [0, 0.1) is 13.8 Å². The first-order valence-corrected chi connectivity index (χ1v) is 7.27. The topological polar surface area (TPSA) is 42.2 Å². The number of nitrogens with one attached hydrogen (secondary N) is 1. The van der Waals surface area contributed by atoms with E-state index < -0.39 is 0 Å². The van der Waals surface area contributed by atoms with Gasteiger partial charge in [-0.05, 0) is 44.4 Å². The standard InChI is InChI=1S/C16H20ClNO2/c1-5-10(3)18-14(19)7-12-8-20-13-6-9(2)16(17)11(4)15(12)13/h6,8,10H,5,7H2,1-4H3,(H,18,19). The van der Waals surface area contributed by atoms with E-state index in [-0.39, 0.29) is 11.9 Å². The molecule has 0 bridgehead atoms. The second kappa shape index (κ2) is 5.88. The number of aryl methyl sites for hydroxylation is 2. The molecule has 0 aliphatic carbocycles. The quantitative estimate of drug-likeness (QED) is 0.919. The van der Waals surface area contributed by atoms with Gasteiger partial charge < -0.3 is 9.73 Å². The lowest BCUT2D eigenvalue weighted by Crippen LogP contribution is -2.33. The summed E-state index contributed by atoms with van der Waals surface area (Å²) in [5.74, 6) is 0.0122. The summed E-state index contributed by atoms with van der Waals surface area (Å²) in [7, 11) is 0. The minimum Gasteiger partial charge on any atom is -0.464 e. The van der Waals surface area contributed by atoms with Crippen LogP contribution in [0.4, 0.5) is 0 Å². The maximum Gasteiger partial charge on any atom is 0.224 e. The number of hydrogen-bond donors (Lipinski definition) is 1. The lowest BCUT2D eigenvalue weighted by Gasteiger charge is -2.11. The van der Waals surface area contributed by atoms with Gasteiger partial charge in [0.15, 0.2) is 0 Å². The van der Waals surface area contributed by atoms with E-state index in [1.807, 2.05) is 33.8 Å². The van der Waals surface area contributed by atoms with Crippen molar-refractivity contribution in [1.29, 1.82) is 0 Å². The molecule has 108 valence electrons. The number of furan rings is 1. The molecule has 0 radical (unpaired) electrons. The maximum atomic E-state index is 12.0. The molecule has 1 N–H and O–H groups in total. The summed E-state index contributed by atoms with van der Waals surface area (Å²) in [6.07, 6.45) is 2.89. The van der Waals surface area contributed by atoms with Crippen LogP contribution in [0.5, 0.6) is 0 Å². The Kier molecular flexibility index (Phi) is 4.39. The number of hydrogen-bond acceptors (Lipinski definition) is 2. The molecule has 0 saturated carbocycles. The number of fused-ring (bicyclic) bond motifs is 1. The van der Waals surface area contributed by atoms with Crippen molar-refractivity contribution < 1.29 is 9.21 Å². The van der Waals surface area contributed by atoms with Crippen molar-refractivity contribution in [2.45, 2.75) is 46.6 Å². The maximum absolute atomic E-state index is 12.0. The Morgan fingerprint density at radius 2 is 2.15 bits per heavy atom. The highest BCUT2D eigenvalue weighted by Gasteiger charge is 2.16. The Labute approximate surface area is 124 Å². The fraction of sp³-hybridized carbons (Fsp3) is 0.438. The zero-order chi connectivity index (χ0) is 14.9. The lowest BCUT2D eigenvalue weighted by molar-refractivity contribution is -0.121. The number of rotatable bonds is 4. The molecule has 0 saturated heterocycles. The number of benzene rings is 1. The van der Waals surface area contributed by atoms with E-state index in [1.165, 1.54) is 0 Å². The molecule has 20 heavy (non-hydrogen) atoms. The summed E-state index contributed by atoms with van der Waals surface area (Å²) in [5, 5.41) is 4.66. The summed E-state index contributed by atoms with van der Waals surface area (Å²) < 4.78 is 5.56. The predicted molar refractivity (Wildman–Crippen MR) is 82.3 cm³/mol. The molecule has 1 aromatic heterocycles. The fourth-order valence-corrected chi connectivity index (χ4v) is 2.49. The molecule has 2 aromatic rings. The summed E-state index contributed by atoms with van der Waals surface area (Å²) in [6, 6.07) is 2.10. The average Bonchev–Trinajstić information content (AvgIpc) is 2.78. The van der Waals surface area contributed by atoms with E-state index >= 15 is 0 Å². The fourth-order valence-electron chi connectivity index (χ4n) is 2.34. The van der Waals surface area contributed by atoms with Gasteiger partial charge in [0.1, 0.15) is 5.58 Å². The van der Waals surface area contributed by atoms with Gasteiger partial charge in [-0.3, -0.25) is 4.79 Å². The van der Waals surface area contributed by atoms with Gasteiger partial charge >= 0.3 is 0 Å². The number of carbonyl (C=O) groups is 1. The molecule has 0 spiro atoms. The van der Waals surface area contributed by atoms with Gasteiger partial charge in [-0.2, -0.15) is 0 Å². The minimum atomic E-state index is 0.0122. The summed E-state index contributed by atoms with van der Waals surface area (Å²) >= 11 is 6.29. The van der Waals surface area contributed by atoms with Gasteiger partial charge in [-0.1, -0.05) is 18.5 Å². The minimum absolute atomic E-state index is 0.0122. The van der Waals surface area contributed by atoms with Crippen LogP contribution in [0.2, 0.25) is 5.02 Å². The van der Waals surface area contributed by atoms with E-state index in [0.717, 1.165) is 39.1 Å². The van der Waals surface area contributed by atoms with Crippen molar-refractivity contribution >= 4 is 28.5 Å². The third-order valence-corrected chi connectivity index (χ3v) is 4.25. The molecule has 3 nitrogen and oxygen atoms in total. The molecule has 0 aliphatic rings. The number of halogens is 1. The van der Waals surface area contributed by atoms with Gasteiger partial charge in [-0.25, -0.2) is 0 Å². The van der Waals surface area contributed by atoms with Crippen LogP contribution < -0.4 is 5.32 Å². The van der Waals surface area contributed by atoms with Gasteiger partial charge in [-0.15, -0.1) is 0 Å². The van der Waals surface area contributed by atoms with Crippen LogP contribution in [-0.4, -0.2) is 11.9 Å². The van der Waals surface area contributed by atoms with Gasteiger partial charge in [0.2, 0.25) is 5.91 Å². The third kappa shape index (κ3) is 2.83. The monoisotopic (exact) mass is 293 g/mol. The van der Waals surface area contributed by atoms with E-state index in [1.54, 1.807) is 6.26 Å². The molecule has 1 unspecified atom stereocenters. The first-order valence-electron chi connectivity index (χ1n) is 6.89. The van der Waals surface area contributed by atoms with Crippen LogP contribution >= 0.6 is 11.6 Å². The van der Waals surface area contributed by atoms with Crippen LogP contribution in [0.25, 0.3) is 11.0 Å². The lowest BCUT2D eigenvalue weighted by atomic mass is 10.0. The van der Waals surface area contributed by atoms with E-state index in [2.05, 4.69) is 5.32 Å². The van der Waals surface area contributed by atoms with E-state index in [9.17, 15) is 4.79 Å². The number of amides is 1. The Hall–Kier alpha value is -1.48. The molecule has 1 heterocycles. The Bertz CT molecular complexity index is 645. The predicted octanol–water partition coefficient (Wildman–Crippen LogP) is 4.16. The molecule has 4 heteroatoms.